The van der Waals surface area contributed by atoms with Gasteiger partial charge >= 0.3 is 5.97 Å². The van der Waals surface area contributed by atoms with Gasteiger partial charge in [-0.15, -0.1) is 0 Å². The first-order valence-electron chi connectivity index (χ1n) is 8.25. The third-order valence-corrected chi connectivity index (χ3v) is 3.89. The molecule has 1 saturated heterocycles. The standard InChI is InChI=1S/C17H25N3O4/c1-3-24-17(22)14-5-6-18-15(11-14)12-19-7-4-8-20(9-10-23-2)16(21)13-19/h5-6,11H,3-4,7-10,12-13H2,1-2H3. The summed E-state index contributed by atoms with van der Waals surface area (Å²) in [5.41, 5.74) is 1.25. The van der Waals surface area contributed by atoms with Crippen LogP contribution in [0, 0.1) is 0 Å². The van der Waals surface area contributed by atoms with E-state index in [4.69, 9.17) is 9.47 Å². The van der Waals surface area contributed by atoms with Crippen molar-refractivity contribution >= 4 is 11.9 Å². The maximum Gasteiger partial charge on any atom is 0.338 e. The van der Waals surface area contributed by atoms with Gasteiger partial charge in [0.25, 0.3) is 0 Å². The molecular formula is C17H25N3O4. The van der Waals surface area contributed by atoms with E-state index in [0.29, 0.717) is 38.4 Å². The summed E-state index contributed by atoms with van der Waals surface area (Å²) in [4.78, 5) is 32.3. The molecule has 0 bridgehead atoms. The monoisotopic (exact) mass is 335 g/mol. The molecule has 2 heterocycles. The van der Waals surface area contributed by atoms with Gasteiger partial charge < -0.3 is 14.4 Å². The first kappa shape index (κ1) is 18.4. The van der Waals surface area contributed by atoms with E-state index in [2.05, 4.69) is 9.88 Å². The smallest absolute Gasteiger partial charge is 0.338 e. The fourth-order valence-electron chi connectivity index (χ4n) is 2.69. The van der Waals surface area contributed by atoms with Crippen LogP contribution >= 0.6 is 0 Å². The van der Waals surface area contributed by atoms with Gasteiger partial charge in [0.1, 0.15) is 0 Å². The van der Waals surface area contributed by atoms with Crippen molar-refractivity contribution in [2.75, 3.05) is 46.5 Å². The minimum atomic E-state index is -0.348. The number of hydrogen-bond acceptors (Lipinski definition) is 6. The topological polar surface area (TPSA) is 72.0 Å². The van der Waals surface area contributed by atoms with Gasteiger partial charge in [0.15, 0.2) is 0 Å². The first-order valence-corrected chi connectivity index (χ1v) is 8.25. The van der Waals surface area contributed by atoms with E-state index in [1.807, 2.05) is 4.90 Å². The van der Waals surface area contributed by atoms with Gasteiger partial charge in [0, 0.05) is 39.5 Å². The van der Waals surface area contributed by atoms with Crippen molar-refractivity contribution in [3.63, 3.8) is 0 Å². The SMILES string of the molecule is CCOC(=O)c1ccnc(CN2CCCN(CCOC)C(=O)C2)c1. The average molecular weight is 335 g/mol. The zero-order chi connectivity index (χ0) is 17.4. The Labute approximate surface area is 142 Å². The number of methoxy groups -OCH3 is 1. The number of carbonyl (C=O) groups is 2. The summed E-state index contributed by atoms with van der Waals surface area (Å²) in [5.74, 6) is -0.245. The number of carbonyl (C=O) groups excluding carboxylic acids is 2. The molecule has 1 aliphatic heterocycles. The van der Waals surface area contributed by atoms with Crippen molar-refractivity contribution in [2.45, 2.75) is 19.9 Å². The molecule has 1 aromatic rings. The Morgan fingerprint density at radius 1 is 1.38 bits per heavy atom. The van der Waals surface area contributed by atoms with Crippen molar-refractivity contribution in [1.29, 1.82) is 0 Å². The zero-order valence-electron chi connectivity index (χ0n) is 14.4. The number of amides is 1. The molecule has 0 saturated carbocycles. The molecule has 7 nitrogen and oxygen atoms in total. The number of pyridine rings is 1. The second kappa shape index (κ2) is 9.34. The lowest BCUT2D eigenvalue weighted by Gasteiger charge is -2.21. The minimum absolute atomic E-state index is 0.103. The molecule has 0 aromatic carbocycles. The first-order chi connectivity index (χ1) is 11.6. The predicted molar refractivity (Wildman–Crippen MR) is 88.5 cm³/mol. The fourth-order valence-corrected chi connectivity index (χ4v) is 2.69. The second-order valence-electron chi connectivity index (χ2n) is 5.69. The van der Waals surface area contributed by atoms with Crippen molar-refractivity contribution in [3.05, 3.63) is 29.6 Å². The van der Waals surface area contributed by atoms with Gasteiger partial charge in [-0.05, 0) is 25.5 Å². The fraction of sp³-hybridized carbons (Fsp3) is 0.588. The van der Waals surface area contributed by atoms with Gasteiger partial charge in [-0.3, -0.25) is 14.7 Å². The number of rotatable bonds is 7. The summed E-state index contributed by atoms with van der Waals surface area (Å²) in [6, 6.07) is 3.37. The summed E-state index contributed by atoms with van der Waals surface area (Å²) < 4.78 is 10.1. The third-order valence-electron chi connectivity index (χ3n) is 3.89. The Kier molecular flexibility index (Phi) is 7.14. The van der Waals surface area contributed by atoms with Crippen LogP contribution in [-0.4, -0.2) is 73.2 Å². The number of aromatic nitrogens is 1. The summed E-state index contributed by atoms with van der Waals surface area (Å²) in [6.07, 6.45) is 2.51. The van der Waals surface area contributed by atoms with Crippen LogP contribution in [0.1, 0.15) is 29.4 Å². The van der Waals surface area contributed by atoms with Gasteiger partial charge in [-0.25, -0.2) is 4.79 Å². The van der Waals surface area contributed by atoms with Crippen molar-refractivity contribution in [1.82, 2.24) is 14.8 Å². The van der Waals surface area contributed by atoms with Crippen molar-refractivity contribution < 1.29 is 19.1 Å². The van der Waals surface area contributed by atoms with Crippen LogP contribution in [0.25, 0.3) is 0 Å². The maximum atomic E-state index is 12.3. The molecule has 0 radical (unpaired) electrons. The highest BCUT2D eigenvalue weighted by Gasteiger charge is 2.22. The molecule has 1 fully saturated rings. The molecule has 1 aromatic heterocycles. The van der Waals surface area contributed by atoms with Gasteiger partial charge in [-0.2, -0.15) is 0 Å². The highest BCUT2D eigenvalue weighted by molar-refractivity contribution is 5.89. The quantitative estimate of drug-likeness (QED) is 0.691. The highest BCUT2D eigenvalue weighted by atomic mass is 16.5. The lowest BCUT2D eigenvalue weighted by Crippen LogP contribution is -2.38. The normalized spacial score (nSPS) is 16.1. The average Bonchev–Trinajstić information content (AvgIpc) is 2.74. The Morgan fingerprint density at radius 3 is 2.96 bits per heavy atom. The molecule has 0 N–H and O–H groups in total. The molecule has 24 heavy (non-hydrogen) atoms. The van der Waals surface area contributed by atoms with E-state index < -0.39 is 0 Å². The second-order valence-corrected chi connectivity index (χ2v) is 5.69. The van der Waals surface area contributed by atoms with Gasteiger partial charge in [0.05, 0.1) is 31.0 Å². The number of hydrogen-bond donors (Lipinski definition) is 0. The molecule has 7 heteroatoms. The van der Waals surface area contributed by atoms with Gasteiger partial charge in [-0.1, -0.05) is 0 Å². The Bertz CT molecular complexity index is 565. The van der Waals surface area contributed by atoms with Crippen LogP contribution in [0.5, 0.6) is 0 Å². The number of esters is 1. The largest absolute Gasteiger partial charge is 0.462 e. The maximum absolute atomic E-state index is 12.3. The minimum Gasteiger partial charge on any atom is -0.462 e. The molecule has 0 atom stereocenters. The van der Waals surface area contributed by atoms with E-state index in [-0.39, 0.29) is 11.9 Å². The Balaban J connectivity index is 1.97. The zero-order valence-corrected chi connectivity index (χ0v) is 14.4. The molecule has 0 spiro atoms. The molecule has 132 valence electrons. The molecule has 1 aliphatic rings. The van der Waals surface area contributed by atoms with Crippen molar-refractivity contribution in [2.24, 2.45) is 0 Å². The lowest BCUT2D eigenvalue weighted by molar-refractivity contribution is -0.131. The van der Waals surface area contributed by atoms with Crippen LogP contribution in [0.4, 0.5) is 0 Å². The number of ether oxygens (including phenoxy) is 2. The lowest BCUT2D eigenvalue weighted by atomic mass is 10.2. The third kappa shape index (κ3) is 5.28. The molecular weight excluding hydrogens is 310 g/mol. The van der Waals surface area contributed by atoms with Crippen molar-refractivity contribution in [3.8, 4) is 0 Å². The van der Waals surface area contributed by atoms with E-state index in [9.17, 15) is 9.59 Å². The summed E-state index contributed by atoms with van der Waals surface area (Å²) >= 11 is 0. The van der Waals surface area contributed by atoms with Crippen LogP contribution in [0.3, 0.4) is 0 Å². The Hall–Kier alpha value is -1.99. The van der Waals surface area contributed by atoms with Crippen LogP contribution in [0.2, 0.25) is 0 Å². The summed E-state index contributed by atoms with van der Waals surface area (Å²) in [7, 11) is 1.64. The summed E-state index contributed by atoms with van der Waals surface area (Å²) in [6.45, 7) is 5.75. The van der Waals surface area contributed by atoms with Gasteiger partial charge in [0.2, 0.25) is 5.91 Å². The highest BCUT2D eigenvalue weighted by Crippen LogP contribution is 2.10. The van der Waals surface area contributed by atoms with E-state index in [0.717, 1.165) is 25.2 Å². The van der Waals surface area contributed by atoms with E-state index >= 15 is 0 Å². The molecule has 0 unspecified atom stereocenters. The van der Waals surface area contributed by atoms with Crippen LogP contribution < -0.4 is 0 Å². The van der Waals surface area contributed by atoms with E-state index in [1.165, 1.54) is 0 Å². The van der Waals surface area contributed by atoms with Crippen LogP contribution in [-0.2, 0) is 20.8 Å². The number of nitrogens with zero attached hydrogens (tertiary/aromatic N) is 3. The molecule has 2 rings (SSSR count). The summed E-state index contributed by atoms with van der Waals surface area (Å²) in [5, 5.41) is 0. The predicted octanol–water partition coefficient (Wildman–Crippen LogP) is 0.939. The molecule has 0 aliphatic carbocycles. The van der Waals surface area contributed by atoms with Crippen LogP contribution in [0.15, 0.2) is 18.3 Å². The Morgan fingerprint density at radius 2 is 2.21 bits per heavy atom. The molecule has 1 amide bonds. The van der Waals surface area contributed by atoms with E-state index in [1.54, 1.807) is 32.4 Å².